The highest BCUT2D eigenvalue weighted by Crippen LogP contribution is 2.19. The second kappa shape index (κ2) is 7.89. The largest absolute Gasteiger partial charge is 0.335 e. The van der Waals surface area contributed by atoms with E-state index in [4.69, 9.17) is 0 Å². The topological polar surface area (TPSA) is 71.3 Å². The van der Waals surface area contributed by atoms with Crippen LogP contribution in [-0.2, 0) is 7.05 Å². The van der Waals surface area contributed by atoms with Gasteiger partial charge in [-0.3, -0.25) is 14.3 Å². The molecule has 1 aromatic carbocycles. The van der Waals surface area contributed by atoms with Crippen molar-refractivity contribution < 1.29 is 9.59 Å². The molecule has 0 atom stereocenters. The van der Waals surface area contributed by atoms with Crippen LogP contribution in [0.25, 0.3) is 11.0 Å². The van der Waals surface area contributed by atoms with Crippen LogP contribution in [0.3, 0.4) is 0 Å². The first-order valence-corrected chi connectivity index (χ1v) is 10.3. The lowest BCUT2D eigenvalue weighted by molar-refractivity contribution is 0.0535. The number of piperazine rings is 1. The molecule has 2 amide bonds. The lowest BCUT2D eigenvalue weighted by atomic mass is 10.0. The predicted octanol–water partition coefficient (Wildman–Crippen LogP) is 3.00. The molecule has 0 spiro atoms. The van der Waals surface area contributed by atoms with Gasteiger partial charge < -0.3 is 9.80 Å². The quantitative estimate of drug-likeness (QED) is 0.672. The van der Waals surface area contributed by atoms with Crippen LogP contribution in [0, 0.1) is 6.92 Å². The smallest absolute Gasteiger partial charge is 0.255 e. The van der Waals surface area contributed by atoms with Crippen molar-refractivity contribution in [2.45, 2.75) is 26.7 Å². The van der Waals surface area contributed by atoms with Gasteiger partial charge in [0, 0.05) is 50.4 Å². The fourth-order valence-electron chi connectivity index (χ4n) is 3.91. The maximum absolute atomic E-state index is 13.0. The van der Waals surface area contributed by atoms with Gasteiger partial charge in [-0.1, -0.05) is 26.0 Å². The molecule has 3 aromatic rings. The van der Waals surface area contributed by atoms with Crippen LogP contribution >= 0.6 is 0 Å². The van der Waals surface area contributed by atoms with Crippen LogP contribution in [0.15, 0.2) is 36.5 Å². The molecule has 0 unspecified atom stereocenters. The first kappa shape index (κ1) is 20.1. The molecule has 4 rings (SSSR count). The maximum atomic E-state index is 13.0. The standard InChI is InChI=1S/C23H27N5O2/c1-15(2)17-5-7-18(8-6-17)22(29)27-9-11-28(12-10-27)23(30)19-13-20-16(3)25-26(4)21(20)24-14-19/h5-8,13-15H,9-12H2,1-4H3. The third kappa shape index (κ3) is 3.67. The SMILES string of the molecule is Cc1nn(C)c2ncc(C(=O)N3CCN(C(=O)c4ccc(C(C)C)cc4)CC3)cc12. The zero-order chi connectivity index (χ0) is 21.4. The Hall–Kier alpha value is -3.22. The zero-order valence-electron chi connectivity index (χ0n) is 17.9. The Morgan fingerprint density at radius 3 is 2.07 bits per heavy atom. The average molecular weight is 406 g/mol. The van der Waals surface area contributed by atoms with Crippen LogP contribution in [0.5, 0.6) is 0 Å². The number of aromatic nitrogens is 3. The Bertz CT molecular complexity index is 1090. The highest BCUT2D eigenvalue weighted by molar-refractivity contribution is 5.98. The van der Waals surface area contributed by atoms with Crippen molar-refractivity contribution in [3.8, 4) is 0 Å². The molecule has 1 saturated heterocycles. The zero-order valence-corrected chi connectivity index (χ0v) is 17.9. The van der Waals surface area contributed by atoms with Crippen molar-refractivity contribution in [1.29, 1.82) is 0 Å². The van der Waals surface area contributed by atoms with E-state index >= 15 is 0 Å². The summed E-state index contributed by atoms with van der Waals surface area (Å²) in [4.78, 5) is 33.8. The van der Waals surface area contributed by atoms with Gasteiger partial charge in [-0.25, -0.2) is 4.98 Å². The molecule has 0 N–H and O–H groups in total. The van der Waals surface area contributed by atoms with Crippen molar-refractivity contribution >= 4 is 22.8 Å². The number of fused-ring (bicyclic) bond motifs is 1. The summed E-state index contributed by atoms with van der Waals surface area (Å²) in [6.45, 7) is 8.26. The molecule has 0 aliphatic carbocycles. The number of nitrogens with zero attached hydrogens (tertiary/aromatic N) is 5. The molecule has 156 valence electrons. The highest BCUT2D eigenvalue weighted by atomic mass is 16.2. The summed E-state index contributed by atoms with van der Waals surface area (Å²) in [5, 5.41) is 5.25. The normalized spacial score (nSPS) is 14.6. The van der Waals surface area contributed by atoms with E-state index in [1.54, 1.807) is 15.8 Å². The molecule has 0 bridgehead atoms. The van der Waals surface area contributed by atoms with Gasteiger partial charge in [-0.05, 0) is 36.6 Å². The number of carbonyl (C=O) groups is 2. The van der Waals surface area contributed by atoms with Gasteiger partial charge >= 0.3 is 0 Å². The highest BCUT2D eigenvalue weighted by Gasteiger charge is 2.26. The van der Waals surface area contributed by atoms with Crippen molar-refractivity contribution in [3.63, 3.8) is 0 Å². The second-order valence-electron chi connectivity index (χ2n) is 8.17. The predicted molar refractivity (Wildman–Crippen MR) is 116 cm³/mol. The number of carbonyl (C=O) groups excluding carboxylic acids is 2. The number of benzene rings is 1. The summed E-state index contributed by atoms with van der Waals surface area (Å²) in [6.07, 6.45) is 1.61. The van der Waals surface area contributed by atoms with E-state index in [0.717, 1.165) is 16.7 Å². The molecular formula is C23H27N5O2. The van der Waals surface area contributed by atoms with E-state index in [1.165, 1.54) is 5.56 Å². The van der Waals surface area contributed by atoms with Crippen LogP contribution < -0.4 is 0 Å². The number of hydrogen-bond donors (Lipinski definition) is 0. The van der Waals surface area contributed by atoms with E-state index in [2.05, 4.69) is 23.9 Å². The summed E-state index contributed by atoms with van der Waals surface area (Å²) in [6, 6.07) is 9.68. The first-order chi connectivity index (χ1) is 14.3. The van der Waals surface area contributed by atoms with Crippen molar-refractivity contribution in [2.75, 3.05) is 26.2 Å². The Labute approximate surface area is 176 Å². The molecule has 0 saturated carbocycles. The molecule has 7 heteroatoms. The summed E-state index contributed by atoms with van der Waals surface area (Å²) < 4.78 is 1.72. The molecule has 3 heterocycles. The van der Waals surface area contributed by atoms with E-state index in [-0.39, 0.29) is 11.8 Å². The first-order valence-electron chi connectivity index (χ1n) is 10.3. The maximum Gasteiger partial charge on any atom is 0.255 e. The van der Waals surface area contributed by atoms with E-state index in [9.17, 15) is 9.59 Å². The number of pyridine rings is 1. The third-order valence-corrected chi connectivity index (χ3v) is 5.79. The van der Waals surface area contributed by atoms with Gasteiger partial charge in [-0.15, -0.1) is 0 Å². The van der Waals surface area contributed by atoms with Crippen molar-refractivity contribution in [3.05, 3.63) is 58.9 Å². The summed E-state index contributed by atoms with van der Waals surface area (Å²) >= 11 is 0. The van der Waals surface area contributed by atoms with Crippen LogP contribution in [0.4, 0.5) is 0 Å². The fraction of sp³-hybridized carbons (Fsp3) is 0.391. The lowest BCUT2D eigenvalue weighted by Gasteiger charge is -2.34. The number of amides is 2. The van der Waals surface area contributed by atoms with Crippen LogP contribution in [0.1, 0.15) is 51.7 Å². The summed E-state index contributed by atoms with van der Waals surface area (Å²) in [5.74, 6) is 0.403. The van der Waals surface area contributed by atoms with Crippen molar-refractivity contribution in [1.82, 2.24) is 24.6 Å². The van der Waals surface area contributed by atoms with E-state index in [1.807, 2.05) is 49.2 Å². The molecule has 1 aliphatic heterocycles. The monoisotopic (exact) mass is 405 g/mol. The minimum atomic E-state index is -0.0546. The van der Waals surface area contributed by atoms with Gasteiger partial charge in [-0.2, -0.15) is 5.10 Å². The van der Waals surface area contributed by atoms with Gasteiger partial charge in [0.05, 0.1) is 11.3 Å². The number of rotatable bonds is 3. The van der Waals surface area contributed by atoms with Gasteiger partial charge in [0.2, 0.25) is 0 Å². The molecule has 0 radical (unpaired) electrons. The van der Waals surface area contributed by atoms with Crippen molar-refractivity contribution in [2.24, 2.45) is 7.05 Å². The van der Waals surface area contributed by atoms with Gasteiger partial charge in [0.1, 0.15) is 0 Å². The molecule has 2 aromatic heterocycles. The summed E-state index contributed by atoms with van der Waals surface area (Å²) in [5.41, 5.74) is 4.09. The molecular weight excluding hydrogens is 378 g/mol. The fourth-order valence-corrected chi connectivity index (χ4v) is 3.91. The van der Waals surface area contributed by atoms with Gasteiger partial charge in [0.25, 0.3) is 11.8 Å². The Kier molecular flexibility index (Phi) is 5.28. The Morgan fingerprint density at radius 1 is 0.933 bits per heavy atom. The molecule has 30 heavy (non-hydrogen) atoms. The van der Waals surface area contributed by atoms with Crippen LogP contribution in [0.2, 0.25) is 0 Å². The molecule has 7 nitrogen and oxygen atoms in total. The van der Waals surface area contributed by atoms with E-state index < -0.39 is 0 Å². The third-order valence-electron chi connectivity index (χ3n) is 5.79. The summed E-state index contributed by atoms with van der Waals surface area (Å²) in [7, 11) is 1.84. The minimum Gasteiger partial charge on any atom is -0.335 e. The Morgan fingerprint density at radius 2 is 1.50 bits per heavy atom. The Balaban J connectivity index is 1.42. The second-order valence-corrected chi connectivity index (χ2v) is 8.17. The molecule has 1 fully saturated rings. The lowest BCUT2D eigenvalue weighted by Crippen LogP contribution is -2.50. The van der Waals surface area contributed by atoms with Crippen LogP contribution in [-0.4, -0.2) is 62.6 Å². The van der Waals surface area contributed by atoms with Gasteiger partial charge in [0.15, 0.2) is 5.65 Å². The number of aryl methyl sites for hydroxylation is 2. The average Bonchev–Trinajstić information content (AvgIpc) is 3.06. The number of hydrogen-bond acceptors (Lipinski definition) is 4. The van der Waals surface area contributed by atoms with E-state index in [0.29, 0.717) is 43.2 Å². The minimum absolute atomic E-state index is 0.0199. The molecule has 1 aliphatic rings.